The number of rotatable bonds is 8. The number of halogens is 1. The molecule has 138 valence electrons. The molecule has 0 spiro atoms. The molecule has 0 amide bonds. The number of nitrogens with zero attached hydrogens (tertiary/aromatic N) is 2. The highest BCUT2D eigenvalue weighted by Crippen LogP contribution is 2.24. The standard InChI is InChI=1S/C18H32N4S.HI/c1-3-5-6-7-12-20-18(19-4-2)21-16-10-13-22(14-11-16)17-9-8-15-23-17;/h8-9,15-16H,3-7,10-14H2,1-2H3,(H2,19,20,21);1H. The maximum absolute atomic E-state index is 4.73. The third kappa shape index (κ3) is 7.59. The Morgan fingerprint density at radius 2 is 2.04 bits per heavy atom. The summed E-state index contributed by atoms with van der Waals surface area (Å²) < 4.78 is 0. The lowest BCUT2D eigenvalue weighted by Crippen LogP contribution is -2.48. The molecule has 2 N–H and O–H groups in total. The van der Waals surface area contributed by atoms with Crippen LogP contribution in [0.4, 0.5) is 5.00 Å². The van der Waals surface area contributed by atoms with Gasteiger partial charge in [-0.25, -0.2) is 0 Å². The van der Waals surface area contributed by atoms with Crippen LogP contribution in [-0.2, 0) is 0 Å². The van der Waals surface area contributed by atoms with Crippen molar-refractivity contribution in [2.75, 3.05) is 31.1 Å². The Balaban J connectivity index is 0.00000288. The Morgan fingerprint density at radius 3 is 2.67 bits per heavy atom. The Kier molecular flexibility index (Phi) is 11.5. The topological polar surface area (TPSA) is 39.7 Å². The van der Waals surface area contributed by atoms with E-state index in [0.717, 1.165) is 32.1 Å². The summed E-state index contributed by atoms with van der Waals surface area (Å²) in [5.41, 5.74) is 0. The first-order valence-electron chi connectivity index (χ1n) is 9.16. The number of nitrogens with one attached hydrogen (secondary N) is 2. The van der Waals surface area contributed by atoms with Crippen LogP contribution in [0.25, 0.3) is 0 Å². The predicted octanol–water partition coefficient (Wildman–Crippen LogP) is 4.47. The third-order valence-electron chi connectivity index (χ3n) is 4.28. The molecule has 0 aromatic carbocycles. The van der Waals surface area contributed by atoms with Gasteiger partial charge in [0.2, 0.25) is 0 Å². The second-order valence-corrected chi connectivity index (χ2v) is 7.10. The molecule has 6 heteroatoms. The quantitative estimate of drug-likeness (QED) is 0.258. The molecule has 0 atom stereocenters. The number of piperidine rings is 1. The maximum atomic E-state index is 4.73. The summed E-state index contributed by atoms with van der Waals surface area (Å²) >= 11 is 1.84. The lowest BCUT2D eigenvalue weighted by molar-refractivity contribution is 0.462. The van der Waals surface area contributed by atoms with Crippen molar-refractivity contribution in [2.45, 2.75) is 58.4 Å². The third-order valence-corrected chi connectivity index (χ3v) is 5.21. The van der Waals surface area contributed by atoms with E-state index in [4.69, 9.17) is 4.99 Å². The van der Waals surface area contributed by atoms with E-state index in [1.807, 2.05) is 11.3 Å². The van der Waals surface area contributed by atoms with Crippen LogP contribution >= 0.6 is 35.3 Å². The molecule has 0 unspecified atom stereocenters. The smallest absolute Gasteiger partial charge is 0.191 e. The first kappa shape index (κ1) is 21.5. The van der Waals surface area contributed by atoms with Crippen LogP contribution in [0.1, 0.15) is 52.4 Å². The molecule has 0 saturated carbocycles. The van der Waals surface area contributed by atoms with Gasteiger partial charge in [0.25, 0.3) is 0 Å². The van der Waals surface area contributed by atoms with Crippen LogP contribution in [0.5, 0.6) is 0 Å². The molecule has 1 aliphatic rings. The number of hydrogen-bond acceptors (Lipinski definition) is 3. The van der Waals surface area contributed by atoms with Gasteiger partial charge in [0, 0.05) is 32.2 Å². The predicted molar refractivity (Wildman–Crippen MR) is 118 cm³/mol. The molecular weight excluding hydrogens is 431 g/mol. The fraction of sp³-hybridized carbons (Fsp3) is 0.722. The molecule has 2 rings (SSSR count). The minimum absolute atomic E-state index is 0. The molecule has 0 radical (unpaired) electrons. The highest BCUT2D eigenvalue weighted by Gasteiger charge is 2.20. The highest BCUT2D eigenvalue weighted by atomic mass is 127. The summed E-state index contributed by atoms with van der Waals surface area (Å²) in [5, 5.41) is 10.6. The van der Waals surface area contributed by atoms with Crippen molar-refractivity contribution >= 4 is 46.3 Å². The zero-order chi connectivity index (χ0) is 16.3. The average molecular weight is 464 g/mol. The minimum Gasteiger partial charge on any atom is -0.363 e. The van der Waals surface area contributed by atoms with Crippen LogP contribution in [0.15, 0.2) is 22.5 Å². The monoisotopic (exact) mass is 464 g/mol. The number of thiophene rings is 1. The molecule has 2 heterocycles. The summed E-state index contributed by atoms with van der Waals surface area (Å²) in [5.74, 6) is 0.999. The normalized spacial score (nSPS) is 15.9. The van der Waals surface area contributed by atoms with Gasteiger partial charge in [0.1, 0.15) is 0 Å². The molecule has 1 fully saturated rings. The molecule has 1 saturated heterocycles. The van der Waals surface area contributed by atoms with Gasteiger partial charge in [-0.05, 0) is 43.7 Å². The second kappa shape index (κ2) is 12.8. The van der Waals surface area contributed by atoms with Gasteiger partial charge in [-0.2, -0.15) is 0 Å². The lowest BCUT2D eigenvalue weighted by atomic mass is 10.1. The van der Waals surface area contributed by atoms with E-state index in [1.54, 1.807) is 0 Å². The van der Waals surface area contributed by atoms with Crippen molar-refractivity contribution in [1.82, 2.24) is 10.6 Å². The number of aliphatic imine (C=N–C) groups is 1. The van der Waals surface area contributed by atoms with E-state index in [-0.39, 0.29) is 24.0 Å². The number of guanidine groups is 1. The van der Waals surface area contributed by atoms with Crippen LogP contribution in [-0.4, -0.2) is 38.2 Å². The SMILES string of the molecule is CCCCCCN=C(NCC)NC1CCN(c2cccs2)CC1.I. The molecule has 1 aliphatic heterocycles. The largest absolute Gasteiger partial charge is 0.363 e. The van der Waals surface area contributed by atoms with Crippen molar-refractivity contribution < 1.29 is 0 Å². The van der Waals surface area contributed by atoms with Gasteiger partial charge in [0.05, 0.1) is 5.00 Å². The van der Waals surface area contributed by atoms with E-state index in [1.165, 1.54) is 43.5 Å². The molecular formula is C18H33IN4S. The van der Waals surface area contributed by atoms with Crippen LogP contribution in [0.2, 0.25) is 0 Å². The summed E-state index contributed by atoms with van der Waals surface area (Å²) in [6.07, 6.45) is 7.45. The maximum Gasteiger partial charge on any atom is 0.191 e. The fourth-order valence-electron chi connectivity index (χ4n) is 2.94. The van der Waals surface area contributed by atoms with Gasteiger partial charge in [-0.15, -0.1) is 35.3 Å². The van der Waals surface area contributed by atoms with E-state index in [9.17, 15) is 0 Å². The van der Waals surface area contributed by atoms with Gasteiger partial charge >= 0.3 is 0 Å². The first-order valence-corrected chi connectivity index (χ1v) is 10.0. The summed E-state index contributed by atoms with van der Waals surface area (Å²) in [4.78, 5) is 7.23. The van der Waals surface area contributed by atoms with Crippen LogP contribution in [0, 0.1) is 0 Å². The van der Waals surface area contributed by atoms with Gasteiger partial charge in [-0.1, -0.05) is 26.2 Å². The number of hydrogen-bond donors (Lipinski definition) is 2. The van der Waals surface area contributed by atoms with Crippen molar-refractivity contribution in [1.29, 1.82) is 0 Å². The Labute approximate surface area is 168 Å². The molecule has 0 bridgehead atoms. The fourth-order valence-corrected chi connectivity index (χ4v) is 3.72. The second-order valence-electron chi connectivity index (χ2n) is 6.18. The zero-order valence-corrected chi connectivity index (χ0v) is 18.2. The van der Waals surface area contributed by atoms with Gasteiger partial charge in [-0.3, -0.25) is 4.99 Å². The van der Waals surface area contributed by atoms with Crippen LogP contribution < -0.4 is 15.5 Å². The van der Waals surface area contributed by atoms with E-state index >= 15 is 0 Å². The summed E-state index contributed by atoms with van der Waals surface area (Å²) in [6, 6.07) is 4.90. The first-order chi connectivity index (χ1) is 11.3. The molecule has 24 heavy (non-hydrogen) atoms. The van der Waals surface area contributed by atoms with E-state index in [2.05, 4.69) is 46.9 Å². The number of anilines is 1. The van der Waals surface area contributed by atoms with Gasteiger partial charge in [0.15, 0.2) is 5.96 Å². The van der Waals surface area contributed by atoms with Crippen LogP contribution in [0.3, 0.4) is 0 Å². The number of unbranched alkanes of at least 4 members (excludes halogenated alkanes) is 3. The van der Waals surface area contributed by atoms with Crippen molar-refractivity contribution in [3.8, 4) is 0 Å². The Morgan fingerprint density at radius 1 is 1.25 bits per heavy atom. The molecule has 4 nitrogen and oxygen atoms in total. The molecule has 0 aliphatic carbocycles. The average Bonchev–Trinajstić information content (AvgIpc) is 3.10. The Hall–Kier alpha value is -0.500. The summed E-state index contributed by atoms with van der Waals surface area (Å²) in [7, 11) is 0. The lowest BCUT2D eigenvalue weighted by Gasteiger charge is -2.33. The zero-order valence-electron chi connectivity index (χ0n) is 15.1. The van der Waals surface area contributed by atoms with Crippen molar-refractivity contribution in [3.63, 3.8) is 0 Å². The van der Waals surface area contributed by atoms with E-state index < -0.39 is 0 Å². The highest BCUT2D eigenvalue weighted by molar-refractivity contribution is 14.0. The van der Waals surface area contributed by atoms with Crippen molar-refractivity contribution in [3.05, 3.63) is 17.5 Å². The van der Waals surface area contributed by atoms with Crippen molar-refractivity contribution in [2.24, 2.45) is 4.99 Å². The van der Waals surface area contributed by atoms with Gasteiger partial charge < -0.3 is 15.5 Å². The molecule has 1 aromatic rings. The Bertz CT molecular complexity index is 442. The molecule has 1 aromatic heterocycles. The summed E-state index contributed by atoms with van der Waals surface area (Å²) in [6.45, 7) is 8.51. The minimum atomic E-state index is 0. The van der Waals surface area contributed by atoms with E-state index in [0.29, 0.717) is 6.04 Å².